The van der Waals surface area contributed by atoms with Gasteiger partial charge in [-0.15, -0.1) is 0 Å². The van der Waals surface area contributed by atoms with Crippen LogP contribution in [0.25, 0.3) is 0 Å². The second-order valence-electron chi connectivity index (χ2n) is 7.35. The quantitative estimate of drug-likeness (QED) is 0.435. The maximum Gasteiger partial charge on any atom is 0.253 e. The summed E-state index contributed by atoms with van der Waals surface area (Å²) >= 11 is 0. The highest BCUT2D eigenvalue weighted by atomic mass is 32.2. The number of pyridine rings is 1. The topological polar surface area (TPSA) is 85.8 Å². The zero-order chi connectivity index (χ0) is 23.0. The largest absolute Gasteiger partial charge is 0.493 e. The lowest BCUT2D eigenvalue weighted by molar-refractivity contribution is 0.0787. The van der Waals surface area contributed by atoms with Crippen molar-refractivity contribution in [1.82, 2.24) is 9.88 Å². The van der Waals surface area contributed by atoms with Gasteiger partial charge >= 0.3 is 0 Å². The van der Waals surface area contributed by atoms with Crippen LogP contribution in [-0.4, -0.2) is 50.7 Å². The van der Waals surface area contributed by atoms with E-state index in [0.717, 1.165) is 11.8 Å². The third kappa shape index (κ3) is 6.81. The molecule has 3 rings (SSSR count). The summed E-state index contributed by atoms with van der Waals surface area (Å²) in [6.07, 6.45) is 5.20. The van der Waals surface area contributed by atoms with Crippen LogP contribution in [0, 0.1) is 0 Å². The summed E-state index contributed by atoms with van der Waals surface area (Å²) in [4.78, 5) is 18.6. The fourth-order valence-corrected chi connectivity index (χ4v) is 3.63. The van der Waals surface area contributed by atoms with Gasteiger partial charge in [-0.05, 0) is 48.9 Å². The Morgan fingerprint density at radius 3 is 2.47 bits per heavy atom. The van der Waals surface area contributed by atoms with Crippen LogP contribution in [0.1, 0.15) is 22.3 Å². The number of benzene rings is 2. The molecule has 32 heavy (non-hydrogen) atoms. The van der Waals surface area contributed by atoms with Crippen LogP contribution >= 0.6 is 0 Å². The van der Waals surface area contributed by atoms with Crippen molar-refractivity contribution in [3.63, 3.8) is 0 Å². The number of nitrogens with zero attached hydrogens (tertiary/aromatic N) is 2. The lowest BCUT2D eigenvalue weighted by atomic mass is 10.2. The van der Waals surface area contributed by atoms with E-state index < -0.39 is 9.84 Å². The summed E-state index contributed by atoms with van der Waals surface area (Å²) in [6, 6.07) is 17.2. The molecule has 0 radical (unpaired) electrons. The molecule has 168 valence electrons. The minimum Gasteiger partial charge on any atom is -0.493 e. The van der Waals surface area contributed by atoms with Crippen LogP contribution in [0.15, 0.2) is 78.0 Å². The van der Waals surface area contributed by atoms with Gasteiger partial charge in [0.15, 0.2) is 9.84 Å². The second kappa shape index (κ2) is 10.8. The van der Waals surface area contributed by atoms with E-state index in [2.05, 4.69) is 4.98 Å². The molecule has 1 amide bonds. The zero-order valence-electron chi connectivity index (χ0n) is 18.1. The van der Waals surface area contributed by atoms with Crippen LogP contribution in [0.4, 0.5) is 0 Å². The van der Waals surface area contributed by atoms with Crippen molar-refractivity contribution < 1.29 is 22.7 Å². The SMILES string of the molecule is CN(CCCOc1cccc(S(C)(=O)=O)c1)C(=O)c1cccc(OCc2cccnc2)c1. The molecule has 0 saturated heterocycles. The summed E-state index contributed by atoms with van der Waals surface area (Å²) in [7, 11) is -1.55. The van der Waals surface area contributed by atoms with Gasteiger partial charge in [-0.3, -0.25) is 9.78 Å². The number of sulfone groups is 1. The van der Waals surface area contributed by atoms with Gasteiger partial charge in [0.05, 0.1) is 11.5 Å². The predicted octanol–water partition coefficient (Wildman–Crippen LogP) is 3.61. The Bertz CT molecular complexity index is 1150. The van der Waals surface area contributed by atoms with Crippen molar-refractivity contribution in [1.29, 1.82) is 0 Å². The molecule has 0 saturated carbocycles. The Kier molecular flexibility index (Phi) is 7.83. The third-order valence-electron chi connectivity index (χ3n) is 4.70. The van der Waals surface area contributed by atoms with Crippen molar-refractivity contribution in [2.75, 3.05) is 26.5 Å². The highest BCUT2D eigenvalue weighted by Gasteiger charge is 2.13. The third-order valence-corrected chi connectivity index (χ3v) is 5.81. The molecule has 1 aromatic heterocycles. The van der Waals surface area contributed by atoms with E-state index in [4.69, 9.17) is 9.47 Å². The number of carbonyl (C=O) groups is 1. The molecule has 0 unspecified atom stereocenters. The van der Waals surface area contributed by atoms with Gasteiger partial charge in [-0.2, -0.15) is 0 Å². The molecule has 3 aromatic rings. The van der Waals surface area contributed by atoms with Crippen molar-refractivity contribution in [3.05, 3.63) is 84.2 Å². The zero-order valence-corrected chi connectivity index (χ0v) is 18.9. The van der Waals surface area contributed by atoms with E-state index in [0.29, 0.717) is 43.2 Å². The Labute approximate surface area is 188 Å². The highest BCUT2D eigenvalue weighted by Crippen LogP contribution is 2.18. The molecule has 8 heteroatoms. The van der Waals surface area contributed by atoms with Crippen LogP contribution in [-0.2, 0) is 16.4 Å². The van der Waals surface area contributed by atoms with E-state index >= 15 is 0 Å². The molecule has 7 nitrogen and oxygen atoms in total. The average Bonchev–Trinajstić information content (AvgIpc) is 2.80. The average molecular weight is 455 g/mol. The van der Waals surface area contributed by atoms with Gasteiger partial charge in [0.2, 0.25) is 0 Å². The van der Waals surface area contributed by atoms with E-state index in [-0.39, 0.29) is 10.8 Å². The normalized spacial score (nSPS) is 11.1. The van der Waals surface area contributed by atoms with Gasteiger partial charge in [-0.1, -0.05) is 18.2 Å². The summed E-state index contributed by atoms with van der Waals surface area (Å²) in [6.45, 7) is 1.23. The number of hydrogen-bond acceptors (Lipinski definition) is 6. The minimum absolute atomic E-state index is 0.115. The van der Waals surface area contributed by atoms with Gasteiger partial charge in [0.1, 0.15) is 18.1 Å². The molecular weight excluding hydrogens is 428 g/mol. The van der Waals surface area contributed by atoms with E-state index in [1.54, 1.807) is 54.7 Å². The molecule has 0 N–H and O–H groups in total. The first-order valence-electron chi connectivity index (χ1n) is 10.1. The molecule has 0 fully saturated rings. The number of amides is 1. The lowest BCUT2D eigenvalue weighted by Gasteiger charge is -2.18. The van der Waals surface area contributed by atoms with Gasteiger partial charge in [0, 0.05) is 43.4 Å². The van der Waals surface area contributed by atoms with Gasteiger partial charge < -0.3 is 14.4 Å². The Balaban J connectivity index is 1.48. The summed E-state index contributed by atoms with van der Waals surface area (Å²) < 4.78 is 34.7. The minimum atomic E-state index is -3.28. The summed E-state index contributed by atoms with van der Waals surface area (Å²) in [5.41, 5.74) is 1.49. The molecule has 2 aromatic carbocycles. The smallest absolute Gasteiger partial charge is 0.253 e. The number of carbonyl (C=O) groups excluding carboxylic acids is 1. The number of hydrogen-bond donors (Lipinski definition) is 0. The number of ether oxygens (including phenoxy) is 2. The summed E-state index contributed by atoms with van der Waals surface area (Å²) in [5, 5.41) is 0. The van der Waals surface area contributed by atoms with Crippen LogP contribution in [0.2, 0.25) is 0 Å². The highest BCUT2D eigenvalue weighted by molar-refractivity contribution is 7.90. The predicted molar refractivity (Wildman–Crippen MR) is 122 cm³/mol. The second-order valence-corrected chi connectivity index (χ2v) is 9.37. The Morgan fingerprint density at radius 2 is 1.75 bits per heavy atom. The van der Waals surface area contributed by atoms with E-state index in [1.165, 1.54) is 12.1 Å². The van der Waals surface area contributed by atoms with E-state index in [9.17, 15) is 13.2 Å². The fourth-order valence-electron chi connectivity index (χ4n) is 2.98. The van der Waals surface area contributed by atoms with E-state index in [1.807, 2.05) is 18.2 Å². The van der Waals surface area contributed by atoms with Gasteiger partial charge in [-0.25, -0.2) is 8.42 Å². The molecule has 0 atom stereocenters. The fraction of sp³-hybridized carbons (Fsp3) is 0.250. The number of aromatic nitrogens is 1. The van der Waals surface area contributed by atoms with Crippen molar-refractivity contribution >= 4 is 15.7 Å². The monoisotopic (exact) mass is 454 g/mol. The van der Waals surface area contributed by atoms with Crippen LogP contribution in [0.3, 0.4) is 0 Å². The van der Waals surface area contributed by atoms with Crippen LogP contribution < -0.4 is 9.47 Å². The van der Waals surface area contributed by atoms with Gasteiger partial charge in [0.25, 0.3) is 5.91 Å². The molecule has 0 aliphatic heterocycles. The first-order valence-corrected chi connectivity index (χ1v) is 12.0. The first kappa shape index (κ1) is 23.3. The number of rotatable bonds is 10. The van der Waals surface area contributed by atoms with Crippen molar-refractivity contribution in [2.24, 2.45) is 0 Å². The molecule has 1 heterocycles. The maximum atomic E-state index is 12.7. The molecule has 0 aliphatic rings. The molecule has 0 aliphatic carbocycles. The summed E-state index contributed by atoms with van der Waals surface area (Å²) in [5.74, 6) is 0.985. The Hall–Kier alpha value is -3.39. The molecule has 0 spiro atoms. The molecular formula is C24H26N2O5S. The lowest BCUT2D eigenvalue weighted by Crippen LogP contribution is -2.28. The standard InChI is InChI=1S/C24H26N2O5S/c1-26(13-6-14-30-22-10-4-11-23(16-22)32(2,28)29)24(27)20-8-3-9-21(15-20)31-18-19-7-5-12-25-17-19/h3-5,7-12,15-17H,6,13-14,18H2,1-2H3. The van der Waals surface area contributed by atoms with Crippen LogP contribution in [0.5, 0.6) is 11.5 Å². The molecule has 0 bridgehead atoms. The van der Waals surface area contributed by atoms with Crippen molar-refractivity contribution in [2.45, 2.75) is 17.9 Å². The Morgan fingerprint density at radius 1 is 1.00 bits per heavy atom. The van der Waals surface area contributed by atoms with Crippen molar-refractivity contribution in [3.8, 4) is 11.5 Å². The first-order chi connectivity index (χ1) is 15.3. The maximum absolute atomic E-state index is 12.7.